The molecule has 1 aliphatic heterocycles. The van der Waals surface area contributed by atoms with Crippen molar-refractivity contribution in [1.29, 1.82) is 0 Å². The summed E-state index contributed by atoms with van der Waals surface area (Å²) < 4.78 is 13.2. The molecule has 0 N–H and O–H groups in total. The minimum absolute atomic E-state index is 0.0924. The number of hydrogen-bond donors (Lipinski definition) is 0. The predicted octanol–water partition coefficient (Wildman–Crippen LogP) is 4.95. The summed E-state index contributed by atoms with van der Waals surface area (Å²) in [4.78, 5) is 15.0. The summed E-state index contributed by atoms with van der Waals surface area (Å²) in [5.41, 5.74) is 6.20. The van der Waals surface area contributed by atoms with Crippen molar-refractivity contribution >= 4 is 27.7 Å². The van der Waals surface area contributed by atoms with E-state index in [-0.39, 0.29) is 5.91 Å². The number of hydrogen-bond acceptors (Lipinski definition) is 4. The van der Waals surface area contributed by atoms with Crippen molar-refractivity contribution < 1.29 is 14.1 Å². The first-order valence-corrected chi connectivity index (χ1v) is 11.5. The van der Waals surface area contributed by atoms with Gasteiger partial charge >= 0.3 is 0 Å². The van der Waals surface area contributed by atoms with Crippen molar-refractivity contribution in [3.05, 3.63) is 53.4 Å². The van der Waals surface area contributed by atoms with E-state index in [1.54, 1.807) is 0 Å². The van der Waals surface area contributed by atoms with E-state index in [0.29, 0.717) is 26.3 Å². The molecule has 0 radical (unpaired) electrons. The minimum atomic E-state index is 0.0924. The van der Waals surface area contributed by atoms with E-state index in [0.717, 1.165) is 46.1 Å². The highest BCUT2D eigenvalue weighted by atomic mass is 16.5. The second kappa shape index (κ2) is 7.48. The van der Waals surface area contributed by atoms with Crippen molar-refractivity contribution in [2.24, 2.45) is 5.92 Å². The number of rotatable bonds is 4. The lowest BCUT2D eigenvalue weighted by molar-refractivity contribution is 0.0303. The quantitative estimate of drug-likeness (QED) is 0.461. The summed E-state index contributed by atoms with van der Waals surface area (Å²) in [6.07, 6.45) is 2.56. The van der Waals surface area contributed by atoms with Crippen LogP contribution in [0.2, 0.25) is 0 Å². The average Bonchev–Trinajstić information content (AvgIpc) is 3.52. The van der Waals surface area contributed by atoms with Crippen LogP contribution < -0.4 is 0 Å². The Hall–Kier alpha value is -3.12. The number of carbonyl (C=O) groups excluding carboxylic acids is 1. The van der Waals surface area contributed by atoms with Gasteiger partial charge in [0.1, 0.15) is 5.76 Å². The van der Waals surface area contributed by atoms with Gasteiger partial charge in [0.2, 0.25) is 0 Å². The number of amides is 1. The van der Waals surface area contributed by atoms with Gasteiger partial charge in [-0.3, -0.25) is 4.79 Å². The lowest BCUT2D eigenvalue weighted by atomic mass is 10.0. The molecule has 32 heavy (non-hydrogen) atoms. The first-order valence-electron chi connectivity index (χ1n) is 11.5. The van der Waals surface area contributed by atoms with Crippen LogP contribution in [0.25, 0.3) is 32.9 Å². The summed E-state index contributed by atoms with van der Waals surface area (Å²) in [5, 5.41) is 6.53. The van der Waals surface area contributed by atoms with Gasteiger partial charge in [-0.05, 0) is 62.4 Å². The fourth-order valence-corrected chi connectivity index (χ4v) is 4.99. The molecule has 0 atom stereocenters. The Labute approximate surface area is 186 Å². The molecule has 6 rings (SSSR count). The molecule has 3 heterocycles. The van der Waals surface area contributed by atoms with Gasteiger partial charge < -0.3 is 18.7 Å². The Kier molecular flexibility index (Phi) is 4.57. The molecule has 164 valence electrons. The van der Waals surface area contributed by atoms with Crippen LogP contribution in [0.15, 0.2) is 40.9 Å². The number of morpholine rings is 1. The Morgan fingerprint density at radius 1 is 1.03 bits per heavy atom. The molecule has 1 saturated heterocycles. The van der Waals surface area contributed by atoms with Crippen molar-refractivity contribution in [3.8, 4) is 11.1 Å². The smallest absolute Gasteiger partial charge is 0.254 e. The lowest BCUT2D eigenvalue weighted by Gasteiger charge is -2.26. The molecule has 0 bridgehead atoms. The normalized spacial score (nSPS) is 16.9. The zero-order chi connectivity index (χ0) is 21.8. The minimum Gasteiger partial charge on any atom is -0.378 e. The average molecular weight is 430 g/mol. The fourth-order valence-electron chi connectivity index (χ4n) is 4.99. The SMILES string of the molecule is Cc1noc(C)c1-c1ccc2c(c1)c1ccc(C(=O)N3CCOCC3)cc1n2CC1CC1. The molecule has 1 amide bonds. The van der Waals surface area contributed by atoms with Crippen LogP contribution in [0.4, 0.5) is 0 Å². The van der Waals surface area contributed by atoms with Gasteiger partial charge in [0.25, 0.3) is 5.91 Å². The maximum atomic E-state index is 13.1. The lowest BCUT2D eigenvalue weighted by Crippen LogP contribution is -2.40. The Morgan fingerprint density at radius 2 is 1.84 bits per heavy atom. The van der Waals surface area contributed by atoms with Crippen LogP contribution in [0.1, 0.15) is 34.7 Å². The molecule has 6 heteroatoms. The summed E-state index contributed by atoms with van der Waals surface area (Å²) in [6, 6.07) is 12.8. The highest BCUT2D eigenvalue weighted by molar-refractivity contribution is 6.11. The van der Waals surface area contributed by atoms with Crippen molar-refractivity contribution in [3.63, 3.8) is 0 Å². The third-order valence-corrected chi connectivity index (χ3v) is 6.87. The van der Waals surface area contributed by atoms with E-state index in [9.17, 15) is 4.79 Å². The predicted molar refractivity (Wildman–Crippen MR) is 124 cm³/mol. The molecular weight excluding hydrogens is 402 g/mol. The first-order chi connectivity index (χ1) is 15.6. The van der Waals surface area contributed by atoms with Gasteiger partial charge in [0.05, 0.1) is 18.9 Å². The maximum absolute atomic E-state index is 13.1. The number of carbonyl (C=O) groups is 1. The molecule has 4 aromatic rings. The second-order valence-corrected chi connectivity index (χ2v) is 9.12. The zero-order valence-electron chi connectivity index (χ0n) is 18.6. The second-order valence-electron chi connectivity index (χ2n) is 9.12. The zero-order valence-corrected chi connectivity index (χ0v) is 18.6. The maximum Gasteiger partial charge on any atom is 0.254 e. The van der Waals surface area contributed by atoms with E-state index in [1.165, 1.54) is 29.1 Å². The van der Waals surface area contributed by atoms with Gasteiger partial charge in [0.15, 0.2) is 0 Å². The van der Waals surface area contributed by atoms with Gasteiger partial charge in [-0.25, -0.2) is 0 Å². The summed E-state index contributed by atoms with van der Waals surface area (Å²) in [7, 11) is 0. The van der Waals surface area contributed by atoms with Crippen LogP contribution in [0.3, 0.4) is 0 Å². The third-order valence-electron chi connectivity index (χ3n) is 6.87. The van der Waals surface area contributed by atoms with Crippen molar-refractivity contribution in [2.45, 2.75) is 33.2 Å². The van der Waals surface area contributed by atoms with E-state index in [4.69, 9.17) is 9.26 Å². The van der Waals surface area contributed by atoms with Crippen LogP contribution in [0.5, 0.6) is 0 Å². The van der Waals surface area contributed by atoms with Crippen LogP contribution in [0, 0.1) is 19.8 Å². The molecule has 2 aliphatic rings. The molecule has 2 fully saturated rings. The van der Waals surface area contributed by atoms with E-state index in [1.807, 2.05) is 24.8 Å². The van der Waals surface area contributed by atoms with E-state index < -0.39 is 0 Å². The third kappa shape index (κ3) is 3.21. The Morgan fingerprint density at radius 3 is 2.56 bits per heavy atom. The van der Waals surface area contributed by atoms with Crippen molar-refractivity contribution in [1.82, 2.24) is 14.6 Å². The molecule has 1 saturated carbocycles. The van der Waals surface area contributed by atoms with E-state index >= 15 is 0 Å². The first kappa shape index (κ1) is 19.6. The number of aryl methyl sites for hydroxylation is 2. The van der Waals surface area contributed by atoms with Crippen molar-refractivity contribution in [2.75, 3.05) is 26.3 Å². The number of benzene rings is 2. The van der Waals surface area contributed by atoms with Crippen LogP contribution >= 0.6 is 0 Å². The van der Waals surface area contributed by atoms with Gasteiger partial charge in [-0.1, -0.05) is 17.3 Å². The molecule has 1 aliphatic carbocycles. The topological polar surface area (TPSA) is 60.5 Å². The van der Waals surface area contributed by atoms with Gasteiger partial charge in [0, 0.05) is 52.6 Å². The molecular formula is C26H27N3O3. The summed E-state index contributed by atoms with van der Waals surface area (Å²) >= 11 is 0. The molecule has 2 aromatic heterocycles. The number of aromatic nitrogens is 2. The van der Waals surface area contributed by atoms with Crippen LogP contribution in [-0.4, -0.2) is 46.8 Å². The molecule has 2 aromatic carbocycles. The molecule has 0 spiro atoms. The highest BCUT2D eigenvalue weighted by Gasteiger charge is 2.25. The van der Waals surface area contributed by atoms with Gasteiger partial charge in [-0.2, -0.15) is 0 Å². The summed E-state index contributed by atoms with van der Waals surface area (Å²) in [6.45, 7) is 7.47. The molecule has 6 nitrogen and oxygen atoms in total. The largest absolute Gasteiger partial charge is 0.378 e. The van der Waals surface area contributed by atoms with E-state index in [2.05, 4.69) is 40.1 Å². The Balaban J connectivity index is 1.50. The standard InChI is InChI=1S/C26H27N3O3/c1-16-25(17(2)32-27-16)19-6-8-23-22(13-19)21-7-5-20(26(30)28-9-11-31-12-10-28)14-24(21)29(23)15-18-3-4-18/h5-8,13-14,18H,3-4,9-12,15H2,1-2H3. The van der Waals surface area contributed by atoms with Crippen LogP contribution in [-0.2, 0) is 11.3 Å². The molecule has 0 unspecified atom stereocenters. The fraction of sp³-hybridized carbons (Fsp3) is 0.385. The number of nitrogens with zero attached hydrogens (tertiary/aromatic N) is 3. The number of fused-ring (bicyclic) bond motifs is 3. The highest BCUT2D eigenvalue weighted by Crippen LogP contribution is 2.38. The monoisotopic (exact) mass is 429 g/mol. The Bertz CT molecular complexity index is 1320. The van der Waals surface area contributed by atoms with Gasteiger partial charge in [-0.15, -0.1) is 0 Å². The summed E-state index contributed by atoms with van der Waals surface area (Å²) in [5.74, 6) is 1.66. The number of ether oxygens (including phenoxy) is 1.